The second-order valence-electron chi connectivity index (χ2n) is 5.90. The summed E-state index contributed by atoms with van der Waals surface area (Å²) in [6, 6.07) is 22.0. The molecular formula is C21H25N3O. The molecule has 25 heavy (non-hydrogen) atoms. The molecule has 0 bridgehead atoms. The van der Waals surface area contributed by atoms with Gasteiger partial charge in [0.25, 0.3) is 0 Å². The van der Waals surface area contributed by atoms with Crippen molar-refractivity contribution in [1.82, 2.24) is 10.2 Å². The summed E-state index contributed by atoms with van der Waals surface area (Å²) in [5.41, 5.74) is 1.11. The Morgan fingerprint density at radius 2 is 1.48 bits per heavy atom. The van der Waals surface area contributed by atoms with Gasteiger partial charge in [0.1, 0.15) is 5.41 Å². The molecule has 0 atom stereocenters. The van der Waals surface area contributed by atoms with E-state index in [9.17, 15) is 10.1 Å². The highest BCUT2D eigenvalue weighted by molar-refractivity contribution is 5.74. The summed E-state index contributed by atoms with van der Waals surface area (Å²) in [6.07, 6.45) is 0.518. The van der Waals surface area contributed by atoms with Crippen LogP contribution in [0.5, 0.6) is 0 Å². The van der Waals surface area contributed by atoms with Crippen molar-refractivity contribution in [3.05, 3.63) is 71.8 Å². The summed E-state index contributed by atoms with van der Waals surface area (Å²) in [5.74, 6) is 0. The number of benzene rings is 2. The number of carbonyl (C=O) groups is 1. The lowest BCUT2D eigenvalue weighted by molar-refractivity contribution is 0.203. The molecule has 0 spiro atoms. The standard InChI is InChI=1S/C21H25N3O/c1-3-24(4-2)20(25)23-16-15-21(17-22,18-11-7-5-8-12-18)19-13-9-6-10-14-19/h5-14H,3-4,15-16H2,1-2H3,(H,23,25). The third kappa shape index (κ3) is 4.19. The highest BCUT2D eigenvalue weighted by Gasteiger charge is 2.34. The maximum atomic E-state index is 12.2. The van der Waals surface area contributed by atoms with Gasteiger partial charge in [-0.25, -0.2) is 4.79 Å². The average Bonchev–Trinajstić information content (AvgIpc) is 2.68. The minimum Gasteiger partial charge on any atom is -0.338 e. The van der Waals surface area contributed by atoms with E-state index < -0.39 is 5.41 Å². The van der Waals surface area contributed by atoms with Gasteiger partial charge >= 0.3 is 6.03 Å². The van der Waals surface area contributed by atoms with Crippen molar-refractivity contribution in [3.63, 3.8) is 0 Å². The van der Waals surface area contributed by atoms with Gasteiger partial charge in [-0.15, -0.1) is 0 Å². The molecule has 4 nitrogen and oxygen atoms in total. The quantitative estimate of drug-likeness (QED) is 0.833. The summed E-state index contributed by atoms with van der Waals surface area (Å²) in [7, 11) is 0. The van der Waals surface area contributed by atoms with Gasteiger partial charge in [-0.2, -0.15) is 5.26 Å². The first-order chi connectivity index (χ1) is 12.2. The maximum absolute atomic E-state index is 12.2. The van der Waals surface area contributed by atoms with E-state index in [1.54, 1.807) is 4.90 Å². The summed E-state index contributed by atoms with van der Waals surface area (Å²) < 4.78 is 0. The second kappa shape index (κ2) is 8.89. The van der Waals surface area contributed by atoms with Crippen molar-refractivity contribution < 1.29 is 4.79 Å². The van der Waals surface area contributed by atoms with Crippen LogP contribution in [0.15, 0.2) is 60.7 Å². The van der Waals surface area contributed by atoms with Crippen molar-refractivity contribution in [2.45, 2.75) is 25.7 Å². The fourth-order valence-electron chi connectivity index (χ4n) is 3.07. The molecule has 4 heteroatoms. The van der Waals surface area contributed by atoms with E-state index in [1.807, 2.05) is 74.5 Å². The highest BCUT2D eigenvalue weighted by Crippen LogP contribution is 2.34. The first kappa shape index (κ1) is 18.5. The lowest BCUT2D eigenvalue weighted by Gasteiger charge is -2.28. The fraction of sp³-hybridized carbons (Fsp3) is 0.333. The van der Waals surface area contributed by atoms with Crippen LogP contribution in [0.2, 0.25) is 0 Å². The molecule has 0 radical (unpaired) electrons. The molecule has 0 heterocycles. The molecule has 2 aromatic rings. The van der Waals surface area contributed by atoms with Gasteiger partial charge in [0.05, 0.1) is 6.07 Å². The van der Waals surface area contributed by atoms with Crippen LogP contribution in [0, 0.1) is 11.3 Å². The predicted octanol–water partition coefficient (Wildman–Crippen LogP) is 3.94. The first-order valence-corrected chi connectivity index (χ1v) is 8.73. The average molecular weight is 335 g/mol. The molecule has 0 unspecified atom stereocenters. The smallest absolute Gasteiger partial charge is 0.317 e. The van der Waals surface area contributed by atoms with E-state index in [0.717, 1.165) is 11.1 Å². The van der Waals surface area contributed by atoms with Gasteiger partial charge in [-0.3, -0.25) is 0 Å². The van der Waals surface area contributed by atoms with E-state index in [1.165, 1.54) is 0 Å². The molecule has 0 aliphatic heterocycles. The van der Waals surface area contributed by atoms with Crippen LogP contribution in [-0.4, -0.2) is 30.6 Å². The van der Waals surface area contributed by atoms with E-state index in [4.69, 9.17) is 0 Å². The van der Waals surface area contributed by atoms with Crippen LogP contribution in [0.4, 0.5) is 4.79 Å². The van der Waals surface area contributed by atoms with Crippen molar-refractivity contribution in [1.29, 1.82) is 5.26 Å². The van der Waals surface area contributed by atoms with Gasteiger partial charge in [-0.05, 0) is 31.4 Å². The molecule has 0 saturated heterocycles. The highest BCUT2D eigenvalue weighted by atomic mass is 16.2. The van der Waals surface area contributed by atoms with Crippen LogP contribution in [0.25, 0.3) is 0 Å². The Labute approximate surface area is 150 Å². The Hall–Kier alpha value is -2.80. The predicted molar refractivity (Wildman–Crippen MR) is 100 cm³/mol. The molecule has 2 rings (SSSR count). The minimum atomic E-state index is -0.779. The molecule has 0 saturated carbocycles. The number of amides is 2. The first-order valence-electron chi connectivity index (χ1n) is 8.73. The Bertz CT molecular complexity index is 663. The molecule has 2 aromatic carbocycles. The van der Waals surface area contributed by atoms with Crippen molar-refractivity contribution >= 4 is 6.03 Å². The summed E-state index contributed by atoms with van der Waals surface area (Å²) in [4.78, 5) is 13.9. The van der Waals surface area contributed by atoms with Gasteiger partial charge in [0, 0.05) is 19.6 Å². The number of rotatable bonds is 7. The monoisotopic (exact) mass is 335 g/mol. The van der Waals surface area contributed by atoms with Gasteiger partial charge < -0.3 is 10.2 Å². The topological polar surface area (TPSA) is 56.1 Å². The number of nitriles is 1. The van der Waals surface area contributed by atoms with Crippen LogP contribution < -0.4 is 5.32 Å². The summed E-state index contributed by atoms with van der Waals surface area (Å²) in [5, 5.41) is 13.0. The van der Waals surface area contributed by atoms with E-state index in [2.05, 4.69) is 11.4 Å². The number of urea groups is 1. The largest absolute Gasteiger partial charge is 0.338 e. The number of hydrogen-bond acceptors (Lipinski definition) is 2. The number of nitrogens with zero attached hydrogens (tertiary/aromatic N) is 2. The molecule has 0 fully saturated rings. The molecule has 0 aliphatic rings. The third-order valence-corrected chi connectivity index (χ3v) is 4.55. The van der Waals surface area contributed by atoms with Crippen molar-refractivity contribution in [3.8, 4) is 6.07 Å². The van der Waals surface area contributed by atoms with Gasteiger partial charge in [0.15, 0.2) is 0 Å². The fourth-order valence-corrected chi connectivity index (χ4v) is 3.07. The van der Waals surface area contributed by atoms with Crippen molar-refractivity contribution in [2.24, 2.45) is 0 Å². The third-order valence-electron chi connectivity index (χ3n) is 4.55. The van der Waals surface area contributed by atoms with Crippen LogP contribution in [0.1, 0.15) is 31.4 Å². The molecule has 2 amide bonds. The zero-order valence-electron chi connectivity index (χ0n) is 14.9. The van der Waals surface area contributed by atoms with Crippen LogP contribution in [0.3, 0.4) is 0 Å². The second-order valence-corrected chi connectivity index (χ2v) is 5.90. The number of carbonyl (C=O) groups excluding carboxylic acids is 1. The van der Waals surface area contributed by atoms with E-state index >= 15 is 0 Å². The number of hydrogen-bond donors (Lipinski definition) is 1. The lowest BCUT2D eigenvalue weighted by atomic mass is 9.73. The SMILES string of the molecule is CCN(CC)C(=O)NCCC(C#N)(c1ccccc1)c1ccccc1. The lowest BCUT2D eigenvalue weighted by Crippen LogP contribution is -2.41. The van der Waals surface area contributed by atoms with Crippen molar-refractivity contribution in [2.75, 3.05) is 19.6 Å². The van der Waals surface area contributed by atoms with Gasteiger partial charge in [-0.1, -0.05) is 60.7 Å². The van der Waals surface area contributed by atoms with E-state index in [0.29, 0.717) is 26.1 Å². The van der Waals surface area contributed by atoms with Crippen LogP contribution >= 0.6 is 0 Å². The Morgan fingerprint density at radius 1 is 1.00 bits per heavy atom. The van der Waals surface area contributed by atoms with Crippen LogP contribution in [-0.2, 0) is 5.41 Å². The molecule has 130 valence electrons. The Morgan fingerprint density at radius 3 is 1.88 bits per heavy atom. The minimum absolute atomic E-state index is 0.0852. The molecule has 1 N–H and O–H groups in total. The summed E-state index contributed by atoms with van der Waals surface area (Å²) in [6.45, 7) is 5.69. The number of nitrogens with one attached hydrogen (secondary N) is 1. The Balaban J connectivity index is 2.25. The zero-order chi connectivity index (χ0) is 18.1. The molecular weight excluding hydrogens is 310 g/mol. The normalized spacial score (nSPS) is 10.8. The molecule has 0 aromatic heterocycles. The molecule has 0 aliphatic carbocycles. The van der Waals surface area contributed by atoms with Gasteiger partial charge in [0.2, 0.25) is 0 Å². The zero-order valence-corrected chi connectivity index (χ0v) is 14.9. The maximum Gasteiger partial charge on any atom is 0.317 e. The Kier molecular flexibility index (Phi) is 6.59. The summed E-state index contributed by atoms with van der Waals surface area (Å²) >= 11 is 0. The van der Waals surface area contributed by atoms with E-state index in [-0.39, 0.29) is 6.03 Å².